The van der Waals surface area contributed by atoms with Gasteiger partial charge in [0, 0.05) is 17.3 Å². The van der Waals surface area contributed by atoms with Crippen molar-refractivity contribution in [3.63, 3.8) is 0 Å². The lowest BCUT2D eigenvalue weighted by molar-refractivity contribution is -0.763. The number of fused-ring (bicyclic) bond motifs is 3. The molecule has 1 aliphatic heterocycles. The van der Waals surface area contributed by atoms with Crippen LogP contribution >= 0.6 is 27.7 Å². The predicted molar refractivity (Wildman–Crippen MR) is 159 cm³/mol. The topological polar surface area (TPSA) is 88.4 Å². The van der Waals surface area contributed by atoms with Gasteiger partial charge in [-0.1, -0.05) is 67.2 Å². The fraction of sp³-hybridized carbons (Fsp3) is 0.200. The maximum Gasteiger partial charge on any atom is 0.325 e. The molecule has 1 aliphatic rings. The number of rotatable bonds is 9. The summed E-state index contributed by atoms with van der Waals surface area (Å²) in [6, 6.07) is 20.9. The molecule has 3 aromatic carbocycles. The number of anilines is 1. The lowest BCUT2D eigenvalue weighted by Gasteiger charge is -2.32. The van der Waals surface area contributed by atoms with Gasteiger partial charge in [0.1, 0.15) is 6.61 Å². The number of H-pyrrole nitrogens is 1. The molecule has 0 unspecified atom stereocenters. The number of halogens is 1. The Morgan fingerprint density at radius 1 is 1.20 bits per heavy atom. The van der Waals surface area contributed by atoms with Gasteiger partial charge in [-0.3, -0.25) is 14.6 Å². The number of carbonyl (C=O) groups is 1. The Balaban J connectivity index is 1.69. The van der Waals surface area contributed by atoms with Crippen molar-refractivity contribution in [2.24, 2.45) is 0 Å². The van der Waals surface area contributed by atoms with E-state index in [2.05, 4.69) is 27.5 Å². The van der Waals surface area contributed by atoms with Gasteiger partial charge >= 0.3 is 11.3 Å². The summed E-state index contributed by atoms with van der Waals surface area (Å²) in [5.41, 5.74) is 3.04. The van der Waals surface area contributed by atoms with Gasteiger partial charge in [-0.05, 0) is 50.4 Å². The van der Waals surface area contributed by atoms with E-state index in [1.807, 2.05) is 73.7 Å². The number of carbonyl (C=O) groups excluding carboxylic acids is 1. The van der Waals surface area contributed by atoms with Crippen molar-refractivity contribution in [2.75, 3.05) is 17.8 Å². The molecule has 0 bridgehead atoms. The molecule has 0 fully saturated rings. The molecule has 0 saturated carbocycles. The highest BCUT2D eigenvalue weighted by Gasteiger charge is 2.45. The number of nitrogens with one attached hydrogen (secondary N) is 1. The molecule has 5 rings (SSSR count). The molecular formula is C30H28BrN4O4S+. The van der Waals surface area contributed by atoms with Gasteiger partial charge in [-0.15, -0.1) is 6.58 Å². The molecule has 1 N–H and O–H groups in total. The molecule has 1 atom stereocenters. The van der Waals surface area contributed by atoms with Crippen LogP contribution in [-0.4, -0.2) is 28.9 Å². The van der Waals surface area contributed by atoms with Gasteiger partial charge < -0.3 is 9.47 Å². The normalized spacial score (nSPS) is 13.8. The third-order valence-electron chi connectivity index (χ3n) is 6.44. The quantitative estimate of drug-likeness (QED) is 0.148. The Labute approximate surface area is 244 Å². The molecular weight excluding hydrogens is 592 g/mol. The van der Waals surface area contributed by atoms with Crippen LogP contribution in [0.4, 0.5) is 5.69 Å². The molecule has 0 spiro atoms. The summed E-state index contributed by atoms with van der Waals surface area (Å²) in [5.74, 6) is 1.47. The van der Waals surface area contributed by atoms with Gasteiger partial charge in [-0.25, -0.2) is 4.90 Å². The molecule has 40 heavy (non-hydrogen) atoms. The maximum absolute atomic E-state index is 13.5. The molecule has 1 amide bonds. The van der Waals surface area contributed by atoms with E-state index in [9.17, 15) is 9.59 Å². The monoisotopic (exact) mass is 619 g/mol. The minimum absolute atomic E-state index is 0.113. The average molecular weight is 621 g/mol. The van der Waals surface area contributed by atoms with Crippen molar-refractivity contribution in [1.82, 2.24) is 10.1 Å². The number of hydrogen-bond donors (Lipinski definition) is 1. The Morgan fingerprint density at radius 2 is 1.95 bits per heavy atom. The van der Waals surface area contributed by atoms with Crippen molar-refractivity contribution in [3.8, 4) is 22.8 Å². The second kappa shape index (κ2) is 12.1. The van der Waals surface area contributed by atoms with Crippen molar-refractivity contribution in [3.05, 3.63) is 105 Å². The summed E-state index contributed by atoms with van der Waals surface area (Å²) in [6.07, 6.45) is 1.25. The minimum atomic E-state index is -0.754. The summed E-state index contributed by atoms with van der Waals surface area (Å²) < 4.78 is 14.2. The minimum Gasteiger partial charge on any atom is -0.493 e. The van der Waals surface area contributed by atoms with Crippen LogP contribution in [0.1, 0.15) is 30.6 Å². The molecule has 8 nitrogen and oxygen atoms in total. The number of thioether (sulfide) groups is 1. The Morgan fingerprint density at radius 3 is 2.67 bits per heavy atom. The second-order valence-corrected chi connectivity index (χ2v) is 10.8. The summed E-state index contributed by atoms with van der Waals surface area (Å²) >= 11 is 5.02. The highest BCUT2D eigenvalue weighted by molar-refractivity contribution is 9.10. The Bertz CT molecular complexity index is 1630. The smallest absolute Gasteiger partial charge is 0.325 e. The summed E-state index contributed by atoms with van der Waals surface area (Å²) in [6.45, 7) is 5.93. The van der Waals surface area contributed by atoms with E-state index in [0.29, 0.717) is 56.0 Å². The number of hydrogen-bond acceptors (Lipinski definition) is 6. The maximum atomic E-state index is 13.5. The summed E-state index contributed by atoms with van der Waals surface area (Å²) in [5, 5.41) is 5.24. The number of methoxy groups -OCH3 is 1. The third-order valence-corrected chi connectivity index (χ3v) is 7.89. The molecule has 10 heteroatoms. The average Bonchev–Trinajstić information content (AvgIpc) is 2.98. The number of aromatic nitrogens is 3. The zero-order valence-electron chi connectivity index (χ0n) is 22.1. The van der Waals surface area contributed by atoms with Gasteiger partial charge in [0.25, 0.3) is 6.17 Å². The van der Waals surface area contributed by atoms with Crippen molar-refractivity contribution < 1.29 is 19.0 Å². The van der Waals surface area contributed by atoms with Gasteiger partial charge in [0.15, 0.2) is 11.5 Å². The molecule has 0 aliphatic carbocycles. The Hall–Kier alpha value is -3.89. The van der Waals surface area contributed by atoms with Crippen molar-refractivity contribution in [1.29, 1.82) is 0 Å². The van der Waals surface area contributed by atoms with Crippen molar-refractivity contribution in [2.45, 2.75) is 31.3 Å². The van der Waals surface area contributed by atoms with Gasteiger partial charge in [-0.2, -0.15) is 0 Å². The van der Waals surface area contributed by atoms with E-state index in [4.69, 9.17) is 14.6 Å². The van der Waals surface area contributed by atoms with E-state index in [1.165, 1.54) is 11.8 Å². The molecule has 1 aromatic heterocycles. The van der Waals surface area contributed by atoms with Crippen LogP contribution in [-0.2, 0) is 11.4 Å². The van der Waals surface area contributed by atoms with Crippen LogP contribution in [0.25, 0.3) is 11.3 Å². The van der Waals surface area contributed by atoms with E-state index < -0.39 is 6.17 Å². The zero-order chi connectivity index (χ0) is 28.2. The van der Waals surface area contributed by atoms with E-state index in [-0.39, 0.29) is 17.9 Å². The number of benzene rings is 3. The van der Waals surface area contributed by atoms with Gasteiger partial charge in [0.05, 0.1) is 28.4 Å². The lowest BCUT2D eigenvalue weighted by atomic mass is 10.0. The molecule has 0 saturated heterocycles. The van der Waals surface area contributed by atoms with Crippen LogP contribution in [0, 0.1) is 0 Å². The van der Waals surface area contributed by atoms with Crippen LogP contribution in [0.2, 0.25) is 0 Å². The summed E-state index contributed by atoms with van der Waals surface area (Å²) in [4.78, 5) is 31.6. The standard InChI is InChI=1S/C30H27BrN4O4S/c1-4-15-40-30-32-28(37)26-21-13-9-10-14-23(21)34(25(36)5-2)29(35(26)33-30)20-16-22(31)27(24(17-20)38-3)39-18-19-11-7-6-8-12-19/h4,6-14,16-17,29H,1,5,15,18H2,2-3H3/p+1/t29-/m0/s1. The predicted octanol–water partition coefficient (Wildman–Crippen LogP) is 5.66. The summed E-state index contributed by atoms with van der Waals surface area (Å²) in [7, 11) is 1.57. The van der Waals surface area contributed by atoms with Crippen LogP contribution in [0.3, 0.4) is 0 Å². The van der Waals surface area contributed by atoms with E-state index >= 15 is 0 Å². The van der Waals surface area contributed by atoms with E-state index in [0.717, 1.165) is 5.56 Å². The van der Waals surface area contributed by atoms with Crippen molar-refractivity contribution >= 4 is 39.3 Å². The first kappa shape index (κ1) is 27.7. The van der Waals surface area contributed by atoms with E-state index in [1.54, 1.807) is 22.8 Å². The highest BCUT2D eigenvalue weighted by Crippen LogP contribution is 2.42. The van der Waals surface area contributed by atoms with Crippen LogP contribution in [0.5, 0.6) is 11.5 Å². The molecule has 2 heterocycles. The van der Waals surface area contributed by atoms with Gasteiger partial charge in [0.2, 0.25) is 11.1 Å². The molecule has 204 valence electrons. The first-order chi connectivity index (χ1) is 19.5. The highest BCUT2D eigenvalue weighted by atomic mass is 79.9. The first-order valence-corrected chi connectivity index (χ1v) is 14.5. The third kappa shape index (κ3) is 5.29. The molecule has 0 radical (unpaired) electrons. The number of aromatic amines is 1. The number of para-hydroxylation sites is 1. The zero-order valence-corrected chi connectivity index (χ0v) is 24.5. The second-order valence-electron chi connectivity index (χ2n) is 8.97. The fourth-order valence-electron chi connectivity index (χ4n) is 4.67. The lowest BCUT2D eigenvalue weighted by Crippen LogP contribution is -2.60. The largest absolute Gasteiger partial charge is 0.493 e. The fourth-order valence-corrected chi connectivity index (χ4v) is 5.83. The number of amides is 1. The Kier molecular flexibility index (Phi) is 8.37. The molecule has 4 aromatic rings. The SMILES string of the molecule is C=CCSc1n[n+]2c(c(=O)[nH]1)-c1ccccc1N(C(=O)CC)[C@@H]2c1cc(Br)c(OCc2ccccc2)c(OC)c1. The van der Waals surface area contributed by atoms with Crippen LogP contribution in [0.15, 0.2) is 93.8 Å². The number of ether oxygens (including phenoxy) is 2. The number of nitrogens with zero attached hydrogens (tertiary/aromatic N) is 3. The first-order valence-electron chi connectivity index (χ1n) is 12.7. The van der Waals surface area contributed by atoms with Crippen LogP contribution < -0.4 is 24.6 Å².